The Bertz CT molecular complexity index is 627. The minimum absolute atomic E-state index is 0.710. The third kappa shape index (κ3) is 3.20. The Labute approximate surface area is 126 Å². The highest BCUT2D eigenvalue weighted by atomic mass is 31.2. The SMILES string of the molecule is CCCCc1cccc2c1Cc1ccccc1OP(O)O2. The summed E-state index contributed by atoms with van der Waals surface area (Å²) in [5, 5.41) is 0. The van der Waals surface area contributed by atoms with Crippen LogP contribution in [-0.2, 0) is 12.8 Å². The summed E-state index contributed by atoms with van der Waals surface area (Å²) in [6, 6.07) is 13.9. The molecule has 1 unspecified atom stereocenters. The molecule has 0 radical (unpaired) electrons. The molecule has 1 atom stereocenters. The number of hydrogen-bond donors (Lipinski definition) is 1. The second-order valence-corrected chi connectivity index (χ2v) is 6.04. The minimum Gasteiger partial charge on any atom is -0.418 e. The van der Waals surface area contributed by atoms with E-state index in [9.17, 15) is 4.89 Å². The quantitative estimate of drug-likeness (QED) is 0.841. The van der Waals surface area contributed by atoms with E-state index in [0.717, 1.165) is 37.0 Å². The first-order chi connectivity index (χ1) is 10.3. The summed E-state index contributed by atoms with van der Waals surface area (Å²) in [4.78, 5) is 10.00. The van der Waals surface area contributed by atoms with Crippen molar-refractivity contribution >= 4 is 8.60 Å². The number of fused-ring (bicyclic) bond motifs is 2. The van der Waals surface area contributed by atoms with Crippen molar-refractivity contribution in [3.05, 3.63) is 59.2 Å². The van der Waals surface area contributed by atoms with E-state index in [4.69, 9.17) is 9.05 Å². The van der Waals surface area contributed by atoms with Crippen LogP contribution in [0.25, 0.3) is 0 Å². The number of unbranched alkanes of at least 4 members (excludes halogenated alkanes) is 1. The standard InChI is InChI=1S/C17H19O3P/c1-2-3-7-13-9-6-11-17-15(13)12-14-8-4-5-10-16(14)19-21(18)20-17/h4-6,8-11,18H,2-3,7,12H2,1H3. The highest BCUT2D eigenvalue weighted by molar-refractivity contribution is 7.41. The fourth-order valence-corrected chi connectivity index (χ4v) is 3.34. The smallest absolute Gasteiger partial charge is 0.418 e. The Balaban J connectivity index is 2.03. The van der Waals surface area contributed by atoms with Crippen LogP contribution in [0.3, 0.4) is 0 Å². The first-order valence-electron chi connectivity index (χ1n) is 7.31. The summed E-state index contributed by atoms with van der Waals surface area (Å²) in [5.41, 5.74) is 3.56. The van der Waals surface area contributed by atoms with E-state index in [1.54, 1.807) is 0 Å². The van der Waals surface area contributed by atoms with Crippen LogP contribution in [0.4, 0.5) is 0 Å². The molecule has 21 heavy (non-hydrogen) atoms. The van der Waals surface area contributed by atoms with Gasteiger partial charge in [-0.15, -0.1) is 0 Å². The van der Waals surface area contributed by atoms with Crippen molar-refractivity contribution in [2.45, 2.75) is 32.6 Å². The molecular formula is C17H19O3P. The van der Waals surface area contributed by atoms with Crippen molar-refractivity contribution in [2.75, 3.05) is 0 Å². The van der Waals surface area contributed by atoms with Crippen LogP contribution in [0.2, 0.25) is 0 Å². The van der Waals surface area contributed by atoms with Crippen LogP contribution in [-0.4, -0.2) is 4.89 Å². The number of hydrogen-bond acceptors (Lipinski definition) is 3. The molecule has 2 aromatic rings. The van der Waals surface area contributed by atoms with E-state index in [1.807, 2.05) is 36.4 Å². The Morgan fingerprint density at radius 3 is 2.67 bits per heavy atom. The molecule has 1 aliphatic rings. The first kappa shape index (κ1) is 14.4. The summed E-state index contributed by atoms with van der Waals surface area (Å²) in [5.74, 6) is 1.45. The van der Waals surface area contributed by atoms with Crippen molar-refractivity contribution in [3.63, 3.8) is 0 Å². The molecule has 3 rings (SSSR count). The average Bonchev–Trinajstić information content (AvgIpc) is 2.47. The molecule has 1 N–H and O–H groups in total. The van der Waals surface area contributed by atoms with E-state index >= 15 is 0 Å². The van der Waals surface area contributed by atoms with Gasteiger partial charge in [0.15, 0.2) is 0 Å². The van der Waals surface area contributed by atoms with Crippen molar-refractivity contribution < 1.29 is 13.9 Å². The lowest BCUT2D eigenvalue weighted by Gasteiger charge is -2.22. The van der Waals surface area contributed by atoms with E-state index in [0.29, 0.717) is 5.75 Å². The van der Waals surface area contributed by atoms with E-state index < -0.39 is 8.60 Å². The molecule has 0 aliphatic carbocycles. The molecule has 0 aromatic heterocycles. The lowest BCUT2D eigenvalue weighted by molar-refractivity contribution is 0.375. The number of benzene rings is 2. The van der Waals surface area contributed by atoms with Crippen molar-refractivity contribution in [3.8, 4) is 11.5 Å². The third-order valence-corrected chi connectivity index (χ3v) is 4.43. The second-order valence-electron chi connectivity index (χ2n) is 5.20. The van der Waals surface area contributed by atoms with Crippen molar-refractivity contribution in [1.29, 1.82) is 0 Å². The van der Waals surface area contributed by atoms with Gasteiger partial charge < -0.3 is 13.9 Å². The maximum Gasteiger partial charge on any atom is 0.460 e. The molecule has 0 amide bonds. The Morgan fingerprint density at radius 2 is 1.81 bits per heavy atom. The molecule has 4 heteroatoms. The molecule has 1 aliphatic heterocycles. The maximum atomic E-state index is 10.00. The van der Waals surface area contributed by atoms with Gasteiger partial charge in [-0.05, 0) is 36.1 Å². The molecular weight excluding hydrogens is 283 g/mol. The summed E-state index contributed by atoms with van der Waals surface area (Å²) in [7, 11) is -1.93. The van der Waals surface area contributed by atoms with Gasteiger partial charge in [0.05, 0.1) is 0 Å². The summed E-state index contributed by atoms with van der Waals surface area (Å²) < 4.78 is 11.1. The Morgan fingerprint density at radius 1 is 1.05 bits per heavy atom. The predicted molar refractivity (Wildman–Crippen MR) is 84.7 cm³/mol. The van der Waals surface area contributed by atoms with Crippen LogP contribution >= 0.6 is 8.60 Å². The average molecular weight is 302 g/mol. The van der Waals surface area contributed by atoms with Gasteiger partial charge in [0.1, 0.15) is 11.5 Å². The number of rotatable bonds is 3. The van der Waals surface area contributed by atoms with Crippen LogP contribution in [0.15, 0.2) is 42.5 Å². The first-order valence-corrected chi connectivity index (χ1v) is 8.44. The van der Waals surface area contributed by atoms with Gasteiger partial charge in [0.2, 0.25) is 0 Å². The zero-order valence-corrected chi connectivity index (χ0v) is 13.0. The second kappa shape index (κ2) is 6.46. The monoisotopic (exact) mass is 302 g/mol. The fourth-order valence-electron chi connectivity index (χ4n) is 2.61. The Kier molecular flexibility index (Phi) is 4.42. The molecule has 110 valence electrons. The van der Waals surface area contributed by atoms with Gasteiger partial charge in [-0.1, -0.05) is 43.7 Å². The molecule has 0 fully saturated rings. The number of para-hydroxylation sites is 1. The fraction of sp³-hybridized carbons (Fsp3) is 0.294. The zero-order valence-electron chi connectivity index (χ0n) is 12.1. The van der Waals surface area contributed by atoms with Gasteiger partial charge in [0.25, 0.3) is 0 Å². The Hall–Kier alpha value is -1.57. The topological polar surface area (TPSA) is 38.7 Å². The summed E-state index contributed by atoms with van der Waals surface area (Å²) >= 11 is 0. The zero-order chi connectivity index (χ0) is 14.7. The van der Waals surface area contributed by atoms with Crippen molar-refractivity contribution in [2.24, 2.45) is 0 Å². The van der Waals surface area contributed by atoms with Crippen LogP contribution < -0.4 is 9.05 Å². The van der Waals surface area contributed by atoms with Crippen LogP contribution in [0.5, 0.6) is 11.5 Å². The highest BCUT2D eigenvalue weighted by Crippen LogP contribution is 2.43. The van der Waals surface area contributed by atoms with E-state index in [1.165, 1.54) is 11.1 Å². The summed E-state index contributed by atoms with van der Waals surface area (Å²) in [6.45, 7) is 2.19. The normalized spacial score (nSPS) is 16.8. The molecule has 0 saturated heterocycles. The lowest BCUT2D eigenvalue weighted by Crippen LogP contribution is -2.06. The molecule has 2 aromatic carbocycles. The van der Waals surface area contributed by atoms with Gasteiger partial charge in [0, 0.05) is 12.0 Å². The molecule has 0 saturated carbocycles. The lowest BCUT2D eigenvalue weighted by atomic mass is 9.95. The van der Waals surface area contributed by atoms with Gasteiger partial charge in [-0.3, -0.25) is 0 Å². The molecule has 3 nitrogen and oxygen atoms in total. The predicted octanol–water partition coefficient (Wildman–Crippen LogP) is 4.61. The van der Waals surface area contributed by atoms with Gasteiger partial charge >= 0.3 is 8.60 Å². The van der Waals surface area contributed by atoms with E-state index in [2.05, 4.69) is 13.0 Å². The molecule has 0 bridgehead atoms. The summed E-state index contributed by atoms with van der Waals surface area (Å²) in [6.07, 6.45) is 4.13. The highest BCUT2D eigenvalue weighted by Gasteiger charge is 2.22. The van der Waals surface area contributed by atoms with Gasteiger partial charge in [-0.25, -0.2) is 0 Å². The van der Waals surface area contributed by atoms with Crippen LogP contribution in [0.1, 0.15) is 36.5 Å². The number of aryl methyl sites for hydroxylation is 1. The molecule has 0 spiro atoms. The third-order valence-electron chi connectivity index (χ3n) is 3.72. The van der Waals surface area contributed by atoms with E-state index in [-0.39, 0.29) is 0 Å². The van der Waals surface area contributed by atoms with Crippen LogP contribution in [0, 0.1) is 0 Å². The minimum atomic E-state index is -1.93. The largest absolute Gasteiger partial charge is 0.460 e. The van der Waals surface area contributed by atoms with Gasteiger partial charge in [-0.2, -0.15) is 0 Å². The van der Waals surface area contributed by atoms with Crippen molar-refractivity contribution in [1.82, 2.24) is 0 Å². The maximum absolute atomic E-state index is 10.00. The molecule has 1 heterocycles.